The molecule has 15 heavy (non-hydrogen) atoms. The molecule has 82 valence electrons. The predicted molar refractivity (Wildman–Crippen MR) is 52.0 cm³/mol. The molecule has 0 fully saturated rings. The fraction of sp³-hybridized carbons (Fsp3) is 0.125. The molecule has 1 aromatic carbocycles. The fourth-order valence-corrected chi connectivity index (χ4v) is 1.67. The van der Waals surface area contributed by atoms with Gasteiger partial charge in [-0.1, -0.05) is 15.9 Å². The van der Waals surface area contributed by atoms with E-state index in [0.717, 1.165) is 6.07 Å². The van der Waals surface area contributed by atoms with Gasteiger partial charge in [-0.2, -0.15) is 0 Å². The first-order valence-corrected chi connectivity index (χ1v) is 4.53. The van der Waals surface area contributed by atoms with Gasteiger partial charge in [-0.25, -0.2) is 4.39 Å². The molecule has 7 heteroatoms. The summed E-state index contributed by atoms with van der Waals surface area (Å²) < 4.78 is 12.8. The summed E-state index contributed by atoms with van der Waals surface area (Å²) in [4.78, 5) is 10.6. The molecule has 1 unspecified atom stereocenters. The Morgan fingerprint density at radius 3 is 2.47 bits per heavy atom. The molecule has 0 aliphatic rings. The van der Waals surface area contributed by atoms with E-state index in [0.29, 0.717) is 0 Å². The number of aromatic hydroxyl groups is 2. The first kappa shape index (κ1) is 11.7. The molecule has 1 atom stereocenters. The zero-order valence-corrected chi connectivity index (χ0v) is 8.82. The number of hydrogen-bond acceptors (Lipinski definition) is 4. The lowest BCUT2D eigenvalue weighted by atomic mass is 10.1. The van der Waals surface area contributed by atoms with Gasteiger partial charge in [0.2, 0.25) is 0 Å². The van der Waals surface area contributed by atoms with Crippen LogP contribution in [0.2, 0.25) is 0 Å². The Labute approximate surface area is 92.1 Å². The van der Waals surface area contributed by atoms with Crippen LogP contribution in [-0.2, 0) is 4.79 Å². The maximum Gasteiger partial charge on any atom is 0.325 e. The number of carboxylic acid groups (broad SMARTS) is 1. The van der Waals surface area contributed by atoms with E-state index in [1.54, 1.807) is 0 Å². The quantitative estimate of drug-likeness (QED) is 0.607. The summed E-state index contributed by atoms with van der Waals surface area (Å²) in [6.45, 7) is 0. The summed E-state index contributed by atoms with van der Waals surface area (Å²) in [5, 5.41) is 27.0. The van der Waals surface area contributed by atoms with E-state index >= 15 is 0 Å². The molecular formula is C8H7BrFNO4. The fourth-order valence-electron chi connectivity index (χ4n) is 1.03. The standard InChI is InChI=1S/C8H7BrFNO4/c9-2-1-3(10)6(12)7(13)4(2)5(11)8(14)15/h1,5,12-13H,11H2,(H,14,15). The Kier molecular flexibility index (Phi) is 3.15. The Balaban J connectivity index is 3.42. The van der Waals surface area contributed by atoms with Gasteiger partial charge in [0.1, 0.15) is 6.04 Å². The zero-order valence-electron chi connectivity index (χ0n) is 7.24. The van der Waals surface area contributed by atoms with Gasteiger partial charge in [-0.3, -0.25) is 4.79 Å². The number of nitrogens with two attached hydrogens (primary N) is 1. The summed E-state index contributed by atoms with van der Waals surface area (Å²) in [6.07, 6.45) is 0. The molecule has 0 aliphatic heterocycles. The first-order chi connectivity index (χ1) is 6.86. The molecule has 0 heterocycles. The van der Waals surface area contributed by atoms with Crippen molar-refractivity contribution in [1.29, 1.82) is 0 Å². The number of hydrogen-bond donors (Lipinski definition) is 4. The largest absolute Gasteiger partial charge is 0.504 e. The van der Waals surface area contributed by atoms with Gasteiger partial charge in [0.05, 0.1) is 0 Å². The molecule has 1 aromatic rings. The molecule has 0 saturated heterocycles. The molecule has 0 spiro atoms. The average molecular weight is 280 g/mol. The van der Waals surface area contributed by atoms with Gasteiger partial charge in [0.25, 0.3) is 0 Å². The number of carboxylic acids is 1. The van der Waals surface area contributed by atoms with Crippen molar-refractivity contribution in [3.05, 3.63) is 21.9 Å². The highest BCUT2D eigenvalue weighted by molar-refractivity contribution is 9.10. The van der Waals surface area contributed by atoms with Crippen LogP contribution in [0.4, 0.5) is 4.39 Å². The minimum atomic E-state index is -1.55. The first-order valence-electron chi connectivity index (χ1n) is 3.74. The Bertz CT molecular complexity index is 424. The lowest BCUT2D eigenvalue weighted by molar-refractivity contribution is -0.138. The SMILES string of the molecule is NC(C(=O)O)c1c(Br)cc(F)c(O)c1O. The molecular weight excluding hydrogens is 273 g/mol. The third kappa shape index (κ3) is 2.02. The summed E-state index contributed by atoms with van der Waals surface area (Å²) in [6, 6.07) is -0.724. The molecule has 0 aliphatic carbocycles. The highest BCUT2D eigenvalue weighted by atomic mass is 79.9. The van der Waals surface area contributed by atoms with Crippen LogP contribution in [-0.4, -0.2) is 21.3 Å². The summed E-state index contributed by atoms with van der Waals surface area (Å²) in [7, 11) is 0. The number of rotatable bonds is 2. The molecule has 1 rings (SSSR count). The summed E-state index contributed by atoms with van der Waals surface area (Å²) in [5.41, 5.74) is 4.96. The van der Waals surface area contributed by atoms with Gasteiger partial charge < -0.3 is 21.1 Å². The van der Waals surface area contributed by atoms with Crippen LogP contribution in [0.5, 0.6) is 11.5 Å². The molecule has 0 radical (unpaired) electrons. The molecule has 0 aromatic heterocycles. The molecule has 5 N–H and O–H groups in total. The van der Waals surface area contributed by atoms with Crippen molar-refractivity contribution in [2.45, 2.75) is 6.04 Å². The predicted octanol–water partition coefficient (Wildman–Crippen LogP) is 1.08. The number of halogens is 2. The number of benzene rings is 1. The van der Waals surface area contributed by atoms with E-state index in [2.05, 4.69) is 15.9 Å². The van der Waals surface area contributed by atoms with Crippen LogP contribution in [0.15, 0.2) is 10.5 Å². The second-order valence-corrected chi connectivity index (χ2v) is 3.62. The Morgan fingerprint density at radius 2 is 2.00 bits per heavy atom. The van der Waals surface area contributed by atoms with E-state index < -0.39 is 29.3 Å². The number of aliphatic carboxylic acids is 1. The topological polar surface area (TPSA) is 104 Å². The van der Waals surface area contributed by atoms with Crippen LogP contribution in [0.25, 0.3) is 0 Å². The maximum absolute atomic E-state index is 12.9. The van der Waals surface area contributed by atoms with Gasteiger partial charge >= 0.3 is 5.97 Å². The van der Waals surface area contributed by atoms with E-state index in [1.165, 1.54) is 0 Å². The van der Waals surface area contributed by atoms with E-state index in [9.17, 15) is 14.3 Å². The van der Waals surface area contributed by atoms with Crippen LogP contribution in [0.3, 0.4) is 0 Å². The minimum absolute atomic E-state index is 0.0230. The lowest BCUT2D eigenvalue weighted by Gasteiger charge is -2.12. The third-order valence-electron chi connectivity index (χ3n) is 1.79. The van der Waals surface area contributed by atoms with Crippen molar-refractivity contribution >= 4 is 21.9 Å². The van der Waals surface area contributed by atoms with Crippen LogP contribution in [0, 0.1) is 5.82 Å². The van der Waals surface area contributed by atoms with Crippen molar-refractivity contribution in [2.75, 3.05) is 0 Å². The minimum Gasteiger partial charge on any atom is -0.504 e. The molecule has 0 saturated carbocycles. The molecule has 0 amide bonds. The second kappa shape index (κ2) is 4.03. The normalized spacial score (nSPS) is 12.5. The van der Waals surface area contributed by atoms with Crippen molar-refractivity contribution in [3.63, 3.8) is 0 Å². The van der Waals surface area contributed by atoms with Gasteiger partial charge in [-0.15, -0.1) is 0 Å². The average Bonchev–Trinajstić information content (AvgIpc) is 2.14. The van der Waals surface area contributed by atoms with E-state index in [4.69, 9.17) is 15.9 Å². The van der Waals surface area contributed by atoms with Gasteiger partial charge in [0, 0.05) is 10.0 Å². The zero-order chi connectivity index (χ0) is 11.7. The van der Waals surface area contributed by atoms with Gasteiger partial charge in [0.15, 0.2) is 17.3 Å². The maximum atomic E-state index is 12.9. The van der Waals surface area contributed by atoms with E-state index in [1.807, 2.05) is 0 Å². The Hall–Kier alpha value is -1.34. The second-order valence-electron chi connectivity index (χ2n) is 2.77. The van der Waals surface area contributed by atoms with Crippen molar-refractivity contribution in [3.8, 4) is 11.5 Å². The monoisotopic (exact) mass is 279 g/mol. The number of phenolic OH excluding ortho intramolecular Hbond substituents is 2. The molecule has 0 bridgehead atoms. The highest BCUT2D eigenvalue weighted by Crippen LogP contribution is 2.39. The summed E-state index contributed by atoms with van der Waals surface area (Å²) in [5.74, 6) is -4.38. The lowest BCUT2D eigenvalue weighted by Crippen LogP contribution is -2.21. The van der Waals surface area contributed by atoms with Crippen LogP contribution in [0.1, 0.15) is 11.6 Å². The molecule has 5 nitrogen and oxygen atoms in total. The van der Waals surface area contributed by atoms with Crippen LogP contribution >= 0.6 is 15.9 Å². The van der Waals surface area contributed by atoms with Gasteiger partial charge in [-0.05, 0) is 6.07 Å². The third-order valence-corrected chi connectivity index (χ3v) is 2.45. The van der Waals surface area contributed by atoms with Crippen molar-refractivity contribution in [2.24, 2.45) is 5.73 Å². The number of phenols is 2. The van der Waals surface area contributed by atoms with Crippen molar-refractivity contribution < 1.29 is 24.5 Å². The van der Waals surface area contributed by atoms with Crippen molar-refractivity contribution in [1.82, 2.24) is 0 Å². The van der Waals surface area contributed by atoms with E-state index in [-0.39, 0.29) is 10.0 Å². The Morgan fingerprint density at radius 1 is 1.47 bits per heavy atom. The highest BCUT2D eigenvalue weighted by Gasteiger charge is 2.25. The number of carbonyl (C=O) groups is 1. The smallest absolute Gasteiger partial charge is 0.325 e. The van der Waals surface area contributed by atoms with Crippen LogP contribution < -0.4 is 5.73 Å². The summed E-state index contributed by atoms with van der Waals surface area (Å²) >= 11 is 2.85.